The van der Waals surface area contributed by atoms with Crippen molar-refractivity contribution in [1.82, 2.24) is 0 Å². The zero-order chi connectivity index (χ0) is 14.0. The van der Waals surface area contributed by atoms with E-state index in [1.54, 1.807) is 0 Å². The molecule has 0 aliphatic carbocycles. The molecule has 0 aromatic heterocycles. The fourth-order valence-electron chi connectivity index (χ4n) is 0.966. The molecule has 8 heteroatoms. The molecular formula is C10H17F3O5. The summed E-state index contributed by atoms with van der Waals surface area (Å²) in [5, 5.41) is 0. The number of carbonyl (C=O) groups excluding carboxylic acids is 1. The third-order valence-corrected chi connectivity index (χ3v) is 1.93. The van der Waals surface area contributed by atoms with E-state index in [0.717, 1.165) is 0 Å². The summed E-state index contributed by atoms with van der Waals surface area (Å²) < 4.78 is 56.0. The van der Waals surface area contributed by atoms with Gasteiger partial charge in [-0.2, -0.15) is 13.2 Å². The van der Waals surface area contributed by atoms with Gasteiger partial charge in [-0.1, -0.05) is 0 Å². The lowest BCUT2D eigenvalue weighted by Gasteiger charge is -2.18. The normalized spacial score (nSPS) is 13.4. The first-order valence-electron chi connectivity index (χ1n) is 5.22. The van der Waals surface area contributed by atoms with Crippen LogP contribution in [0.5, 0.6) is 0 Å². The molecule has 0 bridgehead atoms. The summed E-state index contributed by atoms with van der Waals surface area (Å²) in [4.78, 5) is 11.2. The quantitative estimate of drug-likeness (QED) is 0.464. The molecule has 0 aromatic rings. The lowest BCUT2D eigenvalue weighted by molar-refractivity contribution is -0.207. The van der Waals surface area contributed by atoms with Crippen LogP contribution in [0.1, 0.15) is 0 Å². The zero-order valence-electron chi connectivity index (χ0n) is 10.3. The van der Waals surface area contributed by atoms with Gasteiger partial charge in [0, 0.05) is 14.2 Å². The SMILES string of the molecule is COCCOCC(C(=O)OCCOC)C(F)(F)F. The molecule has 0 spiro atoms. The van der Waals surface area contributed by atoms with Gasteiger partial charge in [0.05, 0.1) is 26.4 Å². The van der Waals surface area contributed by atoms with E-state index in [2.05, 4.69) is 14.2 Å². The lowest BCUT2D eigenvalue weighted by atomic mass is 10.1. The molecule has 0 saturated heterocycles. The minimum Gasteiger partial charge on any atom is -0.463 e. The highest BCUT2D eigenvalue weighted by Crippen LogP contribution is 2.27. The van der Waals surface area contributed by atoms with Gasteiger partial charge in [-0.05, 0) is 0 Å². The van der Waals surface area contributed by atoms with Gasteiger partial charge in [-0.25, -0.2) is 0 Å². The van der Waals surface area contributed by atoms with Crippen LogP contribution >= 0.6 is 0 Å². The zero-order valence-corrected chi connectivity index (χ0v) is 10.3. The average Bonchev–Trinajstić information content (AvgIpc) is 2.27. The smallest absolute Gasteiger partial charge is 0.404 e. The van der Waals surface area contributed by atoms with Gasteiger partial charge < -0.3 is 18.9 Å². The maximum absolute atomic E-state index is 12.5. The molecule has 1 atom stereocenters. The van der Waals surface area contributed by atoms with E-state index in [1.165, 1.54) is 14.2 Å². The summed E-state index contributed by atoms with van der Waals surface area (Å²) in [6.07, 6.45) is -4.70. The van der Waals surface area contributed by atoms with E-state index in [1.807, 2.05) is 0 Å². The number of ether oxygens (including phenoxy) is 4. The monoisotopic (exact) mass is 274 g/mol. The second kappa shape index (κ2) is 9.12. The predicted molar refractivity (Wildman–Crippen MR) is 55.1 cm³/mol. The van der Waals surface area contributed by atoms with Crippen molar-refractivity contribution < 1.29 is 36.9 Å². The number of halogens is 3. The van der Waals surface area contributed by atoms with E-state index in [4.69, 9.17) is 4.74 Å². The second-order valence-electron chi connectivity index (χ2n) is 3.32. The van der Waals surface area contributed by atoms with Gasteiger partial charge >= 0.3 is 12.1 Å². The third-order valence-electron chi connectivity index (χ3n) is 1.93. The molecule has 18 heavy (non-hydrogen) atoms. The van der Waals surface area contributed by atoms with Crippen molar-refractivity contribution in [3.63, 3.8) is 0 Å². The van der Waals surface area contributed by atoms with E-state index in [9.17, 15) is 18.0 Å². The molecule has 0 radical (unpaired) electrons. The first-order chi connectivity index (χ1) is 8.43. The van der Waals surface area contributed by atoms with Crippen LogP contribution in [0.2, 0.25) is 0 Å². The van der Waals surface area contributed by atoms with Crippen LogP contribution < -0.4 is 0 Å². The Morgan fingerprint density at radius 3 is 2.11 bits per heavy atom. The fourth-order valence-corrected chi connectivity index (χ4v) is 0.966. The maximum atomic E-state index is 12.5. The molecule has 0 aromatic carbocycles. The molecule has 0 rings (SSSR count). The van der Waals surface area contributed by atoms with Crippen molar-refractivity contribution in [3.05, 3.63) is 0 Å². The Bertz CT molecular complexity index is 232. The van der Waals surface area contributed by atoms with Crippen LogP contribution in [0.3, 0.4) is 0 Å². The number of methoxy groups -OCH3 is 2. The number of hydrogen-bond donors (Lipinski definition) is 0. The van der Waals surface area contributed by atoms with Crippen molar-refractivity contribution >= 4 is 5.97 Å². The molecule has 0 N–H and O–H groups in total. The summed E-state index contributed by atoms with van der Waals surface area (Å²) in [7, 11) is 2.74. The lowest BCUT2D eigenvalue weighted by Crippen LogP contribution is -2.36. The van der Waals surface area contributed by atoms with Gasteiger partial charge in [0.25, 0.3) is 0 Å². The molecule has 108 valence electrons. The van der Waals surface area contributed by atoms with Crippen molar-refractivity contribution in [2.45, 2.75) is 6.18 Å². The van der Waals surface area contributed by atoms with Crippen molar-refractivity contribution in [3.8, 4) is 0 Å². The molecule has 0 amide bonds. The standard InChI is InChI=1S/C10H17F3O5/c1-15-3-5-17-7-8(10(11,12)13)9(14)18-6-4-16-2/h8H,3-7H2,1-2H3. The topological polar surface area (TPSA) is 54.0 Å². The largest absolute Gasteiger partial charge is 0.463 e. The number of hydrogen-bond acceptors (Lipinski definition) is 5. The van der Waals surface area contributed by atoms with Gasteiger partial charge in [-0.15, -0.1) is 0 Å². The van der Waals surface area contributed by atoms with E-state index in [0.29, 0.717) is 0 Å². The number of rotatable bonds is 9. The first-order valence-corrected chi connectivity index (χ1v) is 5.22. The molecule has 0 aliphatic heterocycles. The van der Waals surface area contributed by atoms with Gasteiger partial charge in [0.2, 0.25) is 0 Å². The number of esters is 1. The minimum absolute atomic E-state index is 0.0194. The first kappa shape index (κ1) is 17.1. The van der Waals surface area contributed by atoms with Crippen molar-refractivity contribution in [2.75, 3.05) is 47.3 Å². The summed E-state index contributed by atoms with van der Waals surface area (Å²) in [5.41, 5.74) is 0. The molecule has 1 unspecified atom stereocenters. The Labute approximate surface area is 103 Å². The second-order valence-corrected chi connectivity index (χ2v) is 3.32. The Kier molecular flexibility index (Phi) is 8.69. The fraction of sp³-hybridized carbons (Fsp3) is 0.900. The van der Waals surface area contributed by atoms with Gasteiger partial charge in [0.15, 0.2) is 5.92 Å². The van der Waals surface area contributed by atoms with E-state index < -0.39 is 24.7 Å². The summed E-state index contributed by atoms with van der Waals surface area (Å²) >= 11 is 0. The highest BCUT2D eigenvalue weighted by molar-refractivity contribution is 5.73. The number of alkyl halides is 3. The van der Waals surface area contributed by atoms with Crippen LogP contribution in [0.15, 0.2) is 0 Å². The van der Waals surface area contributed by atoms with Crippen LogP contribution in [0.25, 0.3) is 0 Å². The molecule has 0 aliphatic rings. The summed E-state index contributed by atoms with van der Waals surface area (Å²) in [6.45, 7) is -0.822. The van der Waals surface area contributed by atoms with E-state index in [-0.39, 0.29) is 26.4 Å². The average molecular weight is 274 g/mol. The molecule has 0 fully saturated rings. The third kappa shape index (κ3) is 7.46. The van der Waals surface area contributed by atoms with Crippen LogP contribution in [0, 0.1) is 5.92 Å². The Morgan fingerprint density at radius 1 is 1.06 bits per heavy atom. The maximum Gasteiger partial charge on any atom is 0.404 e. The van der Waals surface area contributed by atoms with Crippen molar-refractivity contribution in [2.24, 2.45) is 5.92 Å². The summed E-state index contributed by atoms with van der Waals surface area (Å²) in [5.74, 6) is -3.65. The van der Waals surface area contributed by atoms with Crippen LogP contribution in [0.4, 0.5) is 13.2 Å². The molecule has 0 heterocycles. The predicted octanol–water partition coefficient (Wildman–Crippen LogP) is 1.02. The Balaban J connectivity index is 4.18. The number of carbonyl (C=O) groups is 1. The van der Waals surface area contributed by atoms with Gasteiger partial charge in [0.1, 0.15) is 6.61 Å². The van der Waals surface area contributed by atoms with Crippen LogP contribution in [-0.2, 0) is 23.7 Å². The molecule has 5 nitrogen and oxygen atoms in total. The highest BCUT2D eigenvalue weighted by Gasteiger charge is 2.46. The molecule has 0 saturated carbocycles. The van der Waals surface area contributed by atoms with Crippen molar-refractivity contribution in [1.29, 1.82) is 0 Å². The Hall–Kier alpha value is -0.860. The van der Waals surface area contributed by atoms with Gasteiger partial charge in [-0.3, -0.25) is 4.79 Å². The summed E-state index contributed by atoms with van der Waals surface area (Å²) in [6, 6.07) is 0. The highest BCUT2D eigenvalue weighted by atomic mass is 19.4. The van der Waals surface area contributed by atoms with E-state index >= 15 is 0 Å². The molecular weight excluding hydrogens is 257 g/mol. The van der Waals surface area contributed by atoms with Crippen LogP contribution in [-0.4, -0.2) is 59.4 Å². The minimum atomic E-state index is -4.70. The Morgan fingerprint density at radius 2 is 1.61 bits per heavy atom.